The molecular weight excluding hydrogens is 264 g/mol. The molecule has 3 nitrogen and oxygen atoms in total. The summed E-state index contributed by atoms with van der Waals surface area (Å²) in [5, 5.41) is 0.773. The van der Waals surface area contributed by atoms with Gasteiger partial charge in [0.05, 0.1) is 6.33 Å². The fraction of sp³-hybridized carbons (Fsp3) is 0.556. The first kappa shape index (κ1) is 11.8. The van der Waals surface area contributed by atoms with E-state index in [1.807, 2.05) is 0 Å². The monoisotopic (exact) mass is 276 g/mol. The second-order valence-electron chi connectivity index (χ2n) is 3.38. The van der Waals surface area contributed by atoms with Crippen molar-refractivity contribution in [1.82, 2.24) is 9.97 Å². The highest BCUT2D eigenvalue weighted by atomic mass is 79.9. The summed E-state index contributed by atoms with van der Waals surface area (Å²) in [6.07, 6.45) is 2.57. The third-order valence-corrected chi connectivity index (χ3v) is 3.72. The number of halogens is 1. The lowest BCUT2D eigenvalue weighted by molar-refractivity contribution is 0.632. The molecule has 0 spiro atoms. The molecule has 78 valence electrons. The molecule has 5 heteroatoms. The average Bonchev–Trinajstić information content (AvgIpc) is 2.12. The maximum absolute atomic E-state index is 11.2. The van der Waals surface area contributed by atoms with E-state index in [0.29, 0.717) is 10.4 Å². The topological polar surface area (TPSA) is 45.8 Å². The van der Waals surface area contributed by atoms with E-state index in [-0.39, 0.29) is 5.56 Å². The number of rotatable bonds is 4. The van der Waals surface area contributed by atoms with Crippen LogP contribution in [-0.2, 0) is 0 Å². The zero-order chi connectivity index (χ0) is 10.6. The van der Waals surface area contributed by atoms with Gasteiger partial charge in [-0.25, -0.2) is 4.98 Å². The number of nitrogens with one attached hydrogen (secondary N) is 1. The maximum atomic E-state index is 11.2. The summed E-state index contributed by atoms with van der Waals surface area (Å²) >= 11 is 4.83. The van der Waals surface area contributed by atoms with Crippen molar-refractivity contribution in [2.24, 2.45) is 5.92 Å². The molecule has 1 aromatic rings. The molecule has 0 atom stereocenters. The third-order valence-electron chi connectivity index (χ3n) is 1.70. The smallest absolute Gasteiger partial charge is 0.266 e. The fourth-order valence-corrected chi connectivity index (χ4v) is 2.55. The van der Waals surface area contributed by atoms with Crippen LogP contribution in [0.1, 0.15) is 20.3 Å². The summed E-state index contributed by atoms with van der Waals surface area (Å²) in [6.45, 7) is 4.36. The Bertz CT molecular complexity index is 351. The third kappa shape index (κ3) is 3.46. The van der Waals surface area contributed by atoms with E-state index in [0.717, 1.165) is 17.2 Å². The van der Waals surface area contributed by atoms with Crippen molar-refractivity contribution in [3.05, 3.63) is 21.2 Å². The van der Waals surface area contributed by atoms with Gasteiger partial charge >= 0.3 is 0 Å². The molecule has 0 fully saturated rings. The quantitative estimate of drug-likeness (QED) is 0.680. The van der Waals surface area contributed by atoms with Crippen LogP contribution in [0.15, 0.2) is 20.6 Å². The number of hydrogen-bond acceptors (Lipinski definition) is 3. The van der Waals surface area contributed by atoms with Gasteiger partial charge in [0.15, 0.2) is 0 Å². The van der Waals surface area contributed by atoms with Gasteiger partial charge in [0.2, 0.25) is 0 Å². The van der Waals surface area contributed by atoms with Crippen molar-refractivity contribution in [3.63, 3.8) is 0 Å². The second kappa shape index (κ2) is 5.56. The Hall–Kier alpha value is -0.290. The Labute approximate surface area is 95.8 Å². The Kier molecular flexibility index (Phi) is 4.68. The molecule has 1 rings (SSSR count). The standard InChI is InChI=1S/C9H13BrN2OS/c1-6(2)3-4-14-9-7(10)8(13)11-5-12-9/h5-6H,3-4H2,1-2H3,(H,11,12,13). The summed E-state index contributed by atoms with van der Waals surface area (Å²) in [5.74, 6) is 1.68. The Morgan fingerprint density at radius 3 is 3.00 bits per heavy atom. The largest absolute Gasteiger partial charge is 0.312 e. The van der Waals surface area contributed by atoms with Crippen molar-refractivity contribution in [3.8, 4) is 0 Å². The molecule has 0 unspecified atom stereocenters. The minimum absolute atomic E-state index is 0.118. The number of nitrogens with zero attached hydrogens (tertiary/aromatic N) is 1. The first-order chi connectivity index (χ1) is 6.61. The van der Waals surface area contributed by atoms with Gasteiger partial charge in [0.25, 0.3) is 5.56 Å². The lowest BCUT2D eigenvalue weighted by Crippen LogP contribution is -2.08. The molecule has 1 heterocycles. The molecule has 0 bridgehead atoms. The number of hydrogen-bond donors (Lipinski definition) is 1. The summed E-state index contributed by atoms with van der Waals surface area (Å²) in [6, 6.07) is 0. The van der Waals surface area contributed by atoms with Crippen LogP contribution in [0.2, 0.25) is 0 Å². The van der Waals surface area contributed by atoms with E-state index < -0.39 is 0 Å². The summed E-state index contributed by atoms with van der Waals surface area (Å²) < 4.78 is 0.536. The predicted molar refractivity (Wildman–Crippen MR) is 62.7 cm³/mol. The number of aromatic amines is 1. The van der Waals surface area contributed by atoms with Crippen molar-refractivity contribution >= 4 is 27.7 Å². The van der Waals surface area contributed by atoms with Gasteiger partial charge in [0, 0.05) is 0 Å². The van der Waals surface area contributed by atoms with Gasteiger partial charge in [-0.3, -0.25) is 4.79 Å². The lowest BCUT2D eigenvalue weighted by atomic mass is 10.2. The SMILES string of the molecule is CC(C)CCSc1nc[nH]c(=O)c1Br. The Balaban J connectivity index is 2.59. The molecule has 0 aromatic carbocycles. The highest BCUT2D eigenvalue weighted by Crippen LogP contribution is 2.22. The van der Waals surface area contributed by atoms with Crippen LogP contribution in [-0.4, -0.2) is 15.7 Å². The van der Waals surface area contributed by atoms with Crippen LogP contribution >= 0.6 is 27.7 Å². The van der Waals surface area contributed by atoms with Crippen LogP contribution in [0.5, 0.6) is 0 Å². The normalized spacial score (nSPS) is 10.9. The van der Waals surface area contributed by atoms with Crippen LogP contribution in [0.25, 0.3) is 0 Å². The van der Waals surface area contributed by atoms with Crippen LogP contribution in [0, 0.1) is 5.92 Å². The van der Waals surface area contributed by atoms with E-state index in [1.54, 1.807) is 11.8 Å². The van der Waals surface area contributed by atoms with E-state index in [1.165, 1.54) is 6.33 Å². The summed E-state index contributed by atoms with van der Waals surface area (Å²) in [5.41, 5.74) is -0.118. The number of aromatic nitrogens is 2. The molecule has 0 saturated carbocycles. The van der Waals surface area contributed by atoms with Crippen LogP contribution in [0.4, 0.5) is 0 Å². The average molecular weight is 277 g/mol. The highest BCUT2D eigenvalue weighted by molar-refractivity contribution is 9.10. The minimum Gasteiger partial charge on any atom is -0.312 e. The highest BCUT2D eigenvalue weighted by Gasteiger charge is 2.05. The van der Waals surface area contributed by atoms with Gasteiger partial charge in [-0.1, -0.05) is 13.8 Å². The lowest BCUT2D eigenvalue weighted by Gasteiger charge is -2.04. The van der Waals surface area contributed by atoms with Crippen molar-refractivity contribution in [1.29, 1.82) is 0 Å². The van der Waals surface area contributed by atoms with E-state index in [2.05, 4.69) is 39.7 Å². The second-order valence-corrected chi connectivity index (χ2v) is 5.26. The zero-order valence-electron chi connectivity index (χ0n) is 8.21. The van der Waals surface area contributed by atoms with Crippen molar-refractivity contribution in [2.75, 3.05) is 5.75 Å². The molecular formula is C9H13BrN2OS. The summed E-state index contributed by atoms with van der Waals surface area (Å²) in [7, 11) is 0. The Morgan fingerprint density at radius 1 is 1.64 bits per heavy atom. The van der Waals surface area contributed by atoms with Crippen LogP contribution in [0.3, 0.4) is 0 Å². The van der Waals surface area contributed by atoms with Crippen molar-refractivity contribution < 1.29 is 0 Å². The van der Waals surface area contributed by atoms with Gasteiger partial charge in [-0.15, -0.1) is 11.8 Å². The fourth-order valence-electron chi connectivity index (χ4n) is 0.859. The zero-order valence-corrected chi connectivity index (χ0v) is 10.6. The molecule has 0 aliphatic carbocycles. The first-order valence-corrected chi connectivity index (χ1v) is 6.25. The van der Waals surface area contributed by atoms with Gasteiger partial charge in [-0.05, 0) is 34.0 Å². The maximum Gasteiger partial charge on any atom is 0.266 e. The Morgan fingerprint density at radius 2 is 2.36 bits per heavy atom. The van der Waals surface area contributed by atoms with Gasteiger partial charge < -0.3 is 4.98 Å². The van der Waals surface area contributed by atoms with Crippen molar-refractivity contribution in [2.45, 2.75) is 25.3 Å². The molecule has 0 saturated heterocycles. The predicted octanol–water partition coefficient (Wildman–Crippen LogP) is 2.67. The van der Waals surface area contributed by atoms with E-state index >= 15 is 0 Å². The minimum atomic E-state index is -0.118. The van der Waals surface area contributed by atoms with Gasteiger partial charge in [-0.2, -0.15) is 0 Å². The molecule has 0 radical (unpaired) electrons. The molecule has 1 aromatic heterocycles. The molecule has 0 aliphatic rings. The van der Waals surface area contributed by atoms with Crippen LogP contribution < -0.4 is 5.56 Å². The van der Waals surface area contributed by atoms with Gasteiger partial charge in [0.1, 0.15) is 9.50 Å². The van der Waals surface area contributed by atoms with E-state index in [9.17, 15) is 4.79 Å². The van der Waals surface area contributed by atoms with E-state index in [4.69, 9.17) is 0 Å². The summed E-state index contributed by atoms with van der Waals surface area (Å²) in [4.78, 5) is 17.8. The first-order valence-electron chi connectivity index (χ1n) is 4.47. The number of H-pyrrole nitrogens is 1. The molecule has 14 heavy (non-hydrogen) atoms. The molecule has 0 amide bonds. The molecule has 1 N–H and O–H groups in total. The number of thioether (sulfide) groups is 1. The molecule has 0 aliphatic heterocycles.